The Morgan fingerprint density at radius 3 is 2.57 bits per heavy atom. The SMILES string of the molecule is CCOc1cc(Cl)c2c(c1OCC)C(O)CC(C)(C)CC2. The number of ether oxygens (including phenoxy) is 2. The summed E-state index contributed by atoms with van der Waals surface area (Å²) in [6.45, 7) is 9.29. The Morgan fingerprint density at radius 1 is 1.29 bits per heavy atom. The molecule has 1 aliphatic carbocycles. The van der Waals surface area contributed by atoms with Gasteiger partial charge in [0.15, 0.2) is 11.5 Å². The van der Waals surface area contributed by atoms with Gasteiger partial charge < -0.3 is 14.6 Å². The smallest absolute Gasteiger partial charge is 0.167 e. The van der Waals surface area contributed by atoms with Gasteiger partial charge in [-0.05, 0) is 44.1 Å². The van der Waals surface area contributed by atoms with Crippen LogP contribution in [0.4, 0.5) is 0 Å². The molecule has 0 spiro atoms. The summed E-state index contributed by atoms with van der Waals surface area (Å²) >= 11 is 6.44. The summed E-state index contributed by atoms with van der Waals surface area (Å²) < 4.78 is 11.5. The molecule has 0 bridgehead atoms. The Bertz CT molecular complexity index is 511. The van der Waals surface area contributed by atoms with E-state index in [1.165, 1.54) is 0 Å². The molecule has 0 saturated heterocycles. The number of hydrogen-bond acceptors (Lipinski definition) is 3. The number of aliphatic hydroxyl groups is 1. The van der Waals surface area contributed by atoms with Crippen molar-refractivity contribution in [3.63, 3.8) is 0 Å². The molecule has 2 rings (SSSR count). The number of rotatable bonds is 4. The molecule has 21 heavy (non-hydrogen) atoms. The van der Waals surface area contributed by atoms with E-state index in [1.54, 1.807) is 0 Å². The van der Waals surface area contributed by atoms with Crippen LogP contribution < -0.4 is 9.47 Å². The zero-order valence-corrected chi connectivity index (χ0v) is 14.1. The molecule has 0 saturated carbocycles. The van der Waals surface area contributed by atoms with Gasteiger partial charge in [0.25, 0.3) is 0 Å². The highest BCUT2D eigenvalue weighted by Crippen LogP contribution is 2.48. The summed E-state index contributed by atoms with van der Waals surface area (Å²) in [5.41, 5.74) is 1.90. The lowest BCUT2D eigenvalue weighted by Crippen LogP contribution is -2.14. The van der Waals surface area contributed by atoms with E-state index in [0.29, 0.717) is 36.2 Å². The van der Waals surface area contributed by atoms with Gasteiger partial charge in [-0.25, -0.2) is 0 Å². The van der Waals surface area contributed by atoms with Crippen molar-refractivity contribution in [2.24, 2.45) is 5.41 Å². The standard InChI is InChI=1S/C17H25ClO3/c1-5-20-14-9-12(18)11-7-8-17(3,4)10-13(19)15(11)16(14)21-6-2/h9,13,19H,5-8,10H2,1-4H3. The van der Waals surface area contributed by atoms with Crippen molar-refractivity contribution >= 4 is 11.6 Å². The normalized spacial score (nSPS) is 20.6. The van der Waals surface area contributed by atoms with Gasteiger partial charge in [0, 0.05) is 16.7 Å². The highest BCUT2D eigenvalue weighted by atomic mass is 35.5. The molecular weight excluding hydrogens is 288 g/mol. The summed E-state index contributed by atoms with van der Waals surface area (Å²) in [4.78, 5) is 0. The monoisotopic (exact) mass is 312 g/mol. The van der Waals surface area contributed by atoms with Gasteiger partial charge in [0.05, 0.1) is 19.3 Å². The lowest BCUT2D eigenvalue weighted by Gasteiger charge is -2.25. The Kier molecular flexibility index (Phi) is 5.05. The van der Waals surface area contributed by atoms with Crippen molar-refractivity contribution in [1.82, 2.24) is 0 Å². The zero-order chi connectivity index (χ0) is 15.6. The van der Waals surface area contributed by atoms with Crippen LogP contribution in [-0.2, 0) is 6.42 Å². The van der Waals surface area contributed by atoms with Crippen molar-refractivity contribution in [3.8, 4) is 11.5 Å². The first-order valence-corrected chi connectivity index (χ1v) is 8.06. The van der Waals surface area contributed by atoms with E-state index in [9.17, 15) is 5.11 Å². The van der Waals surface area contributed by atoms with Crippen LogP contribution in [0.2, 0.25) is 5.02 Å². The average molecular weight is 313 g/mol. The van der Waals surface area contributed by atoms with Crippen LogP contribution in [0.1, 0.15) is 57.8 Å². The predicted octanol–water partition coefficient (Wildman–Crippen LogP) is 4.53. The van der Waals surface area contributed by atoms with Crippen molar-refractivity contribution in [3.05, 3.63) is 22.2 Å². The Labute approximate surface area is 132 Å². The quantitative estimate of drug-likeness (QED) is 0.830. The second-order valence-corrected chi connectivity index (χ2v) is 6.74. The maximum Gasteiger partial charge on any atom is 0.167 e. The van der Waals surface area contributed by atoms with E-state index in [0.717, 1.165) is 24.0 Å². The zero-order valence-electron chi connectivity index (χ0n) is 13.3. The second kappa shape index (κ2) is 6.45. The molecule has 0 fully saturated rings. The molecule has 0 aliphatic heterocycles. The molecule has 0 amide bonds. The molecule has 1 aliphatic rings. The van der Waals surface area contributed by atoms with Crippen molar-refractivity contribution in [2.75, 3.05) is 13.2 Å². The molecule has 3 nitrogen and oxygen atoms in total. The van der Waals surface area contributed by atoms with Crippen molar-refractivity contribution in [2.45, 2.75) is 53.1 Å². The van der Waals surface area contributed by atoms with Gasteiger partial charge in [-0.2, -0.15) is 0 Å². The summed E-state index contributed by atoms with van der Waals surface area (Å²) in [5.74, 6) is 1.28. The van der Waals surface area contributed by atoms with E-state index < -0.39 is 6.10 Å². The summed E-state index contributed by atoms with van der Waals surface area (Å²) in [6.07, 6.45) is 1.98. The van der Waals surface area contributed by atoms with Gasteiger partial charge in [-0.3, -0.25) is 0 Å². The number of aliphatic hydroxyl groups excluding tert-OH is 1. The minimum atomic E-state index is -0.572. The highest BCUT2D eigenvalue weighted by Gasteiger charge is 2.33. The summed E-state index contributed by atoms with van der Waals surface area (Å²) in [5, 5.41) is 11.4. The fourth-order valence-corrected chi connectivity index (χ4v) is 3.31. The van der Waals surface area contributed by atoms with E-state index in [2.05, 4.69) is 13.8 Å². The third-order valence-electron chi connectivity index (χ3n) is 4.06. The van der Waals surface area contributed by atoms with Gasteiger partial charge in [0.2, 0.25) is 0 Å². The van der Waals surface area contributed by atoms with Gasteiger partial charge in [-0.15, -0.1) is 0 Å². The number of benzene rings is 1. The number of hydrogen-bond donors (Lipinski definition) is 1. The average Bonchev–Trinajstić information content (AvgIpc) is 2.51. The van der Waals surface area contributed by atoms with Crippen LogP contribution >= 0.6 is 11.6 Å². The van der Waals surface area contributed by atoms with Crippen molar-refractivity contribution < 1.29 is 14.6 Å². The van der Waals surface area contributed by atoms with Gasteiger partial charge >= 0.3 is 0 Å². The lowest BCUT2D eigenvalue weighted by molar-refractivity contribution is 0.113. The fraction of sp³-hybridized carbons (Fsp3) is 0.647. The molecule has 0 aromatic heterocycles. The Hall–Kier alpha value is -0.930. The van der Waals surface area contributed by atoms with E-state index >= 15 is 0 Å². The third kappa shape index (κ3) is 3.46. The molecule has 1 unspecified atom stereocenters. The van der Waals surface area contributed by atoms with Crippen LogP contribution in [0.5, 0.6) is 11.5 Å². The molecular formula is C17H25ClO3. The largest absolute Gasteiger partial charge is 0.490 e. The van der Waals surface area contributed by atoms with E-state index in [-0.39, 0.29) is 5.41 Å². The predicted molar refractivity (Wildman–Crippen MR) is 85.5 cm³/mol. The lowest BCUT2D eigenvalue weighted by atomic mass is 9.84. The first kappa shape index (κ1) is 16.4. The van der Waals surface area contributed by atoms with Crippen LogP contribution in [-0.4, -0.2) is 18.3 Å². The third-order valence-corrected chi connectivity index (χ3v) is 4.40. The topological polar surface area (TPSA) is 38.7 Å². The molecule has 118 valence electrons. The second-order valence-electron chi connectivity index (χ2n) is 6.33. The Balaban J connectivity index is 2.59. The van der Waals surface area contributed by atoms with Crippen LogP contribution in [0.25, 0.3) is 0 Å². The first-order valence-electron chi connectivity index (χ1n) is 7.68. The number of fused-ring (bicyclic) bond motifs is 1. The van der Waals surface area contributed by atoms with Crippen LogP contribution in [0.15, 0.2) is 6.07 Å². The summed E-state index contributed by atoms with van der Waals surface area (Å²) in [7, 11) is 0. The molecule has 0 radical (unpaired) electrons. The molecule has 4 heteroatoms. The fourth-order valence-electron chi connectivity index (χ4n) is 3.02. The molecule has 1 N–H and O–H groups in total. The Morgan fingerprint density at radius 2 is 1.95 bits per heavy atom. The maximum absolute atomic E-state index is 10.7. The van der Waals surface area contributed by atoms with Crippen LogP contribution in [0, 0.1) is 5.41 Å². The first-order chi connectivity index (χ1) is 9.89. The minimum Gasteiger partial charge on any atom is -0.490 e. The molecule has 1 aromatic carbocycles. The molecule has 0 heterocycles. The highest BCUT2D eigenvalue weighted by molar-refractivity contribution is 6.31. The molecule has 1 atom stereocenters. The van der Waals surface area contributed by atoms with E-state index in [1.807, 2.05) is 19.9 Å². The van der Waals surface area contributed by atoms with Crippen molar-refractivity contribution in [1.29, 1.82) is 0 Å². The minimum absolute atomic E-state index is 0.0804. The molecule has 1 aromatic rings. The van der Waals surface area contributed by atoms with Gasteiger partial charge in [-0.1, -0.05) is 25.4 Å². The van der Waals surface area contributed by atoms with E-state index in [4.69, 9.17) is 21.1 Å². The maximum atomic E-state index is 10.7. The van der Waals surface area contributed by atoms with Gasteiger partial charge in [0.1, 0.15) is 0 Å². The number of halogens is 1. The van der Waals surface area contributed by atoms with Crippen LogP contribution in [0.3, 0.4) is 0 Å². The summed E-state index contributed by atoms with van der Waals surface area (Å²) in [6, 6.07) is 1.82.